The van der Waals surface area contributed by atoms with Crippen molar-refractivity contribution in [2.45, 2.75) is 0 Å². The van der Waals surface area contributed by atoms with Gasteiger partial charge in [0.05, 0.1) is 33.9 Å². The zero-order chi connectivity index (χ0) is 36.9. The lowest BCUT2D eigenvalue weighted by atomic mass is 9.85. The molecule has 9 aromatic carbocycles. The molecule has 0 fully saturated rings. The maximum Gasteiger partial charge on any atom is 0.101 e. The number of fused-ring (bicyclic) bond motifs is 5. The molecule has 0 aliphatic heterocycles. The number of nitrogens with zero attached hydrogens (tertiary/aromatic N) is 3. The van der Waals surface area contributed by atoms with Crippen LogP contribution in [0.5, 0.6) is 0 Å². The van der Waals surface area contributed by atoms with Gasteiger partial charge in [-0.3, -0.25) is 0 Å². The lowest BCUT2D eigenvalue weighted by molar-refractivity contribution is 1.17. The predicted molar refractivity (Wildman–Crippen MR) is 227 cm³/mol. The Morgan fingerprint density at radius 2 is 0.836 bits per heavy atom. The summed E-state index contributed by atoms with van der Waals surface area (Å²) in [5.74, 6) is 0. The summed E-state index contributed by atoms with van der Waals surface area (Å²) in [7, 11) is 0. The molecule has 0 saturated heterocycles. The summed E-state index contributed by atoms with van der Waals surface area (Å²) in [6.07, 6.45) is 0. The molecule has 0 radical (unpaired) electrons. The summed E-state index contributed by atoms with van der Waals surface area (Å²) < 4.78 is 2.13. The van der Waals surface area contributed by atoms with E-state index in [1.807, 2.05) is 42.5 Å². The van der Waals surface area contributed by atoms with E-state index in [0.717, 1.165) is 49.7 Å². The maximum absolute atomic E-state index is 10.4. The van der Waals surface area contributed by atoms with Crippen LogP contribution in [-0.4, -0.2) is 4.57 Å². The normalized spacial score (nSPS) is 11.2. The molecule has 1 aromatic heterocycles. The van der Waals surface area contributed by atoms with Gasteiger partial charge in [-0.15, -0.1) is 0 Å². The van der Waals surface area contributed by atoms with Gasteiger partial charge in [-0.25, -0.2) is 0 Å². The van der Waals surface area contributed by atoms with Gasteiger partial charge in [0.1, 0.15) is 6.07 Å². The summed E-state index contributed by atoms with van der Waals surface area (Å²) in [5, 5.41) is 27.0. The molecular weight excluding hydrogens is 667 g/mol. The minimum absolute atomic E-state index is 0.582. The molecule has 0 spiro atoms. The van der Waals surface area contributed by atoms with Crippen molar-refractivity contribution >= 4 is 43.4 Å². The Kier molecular flexibility index (Phi) is 7.58. The van der Waals surface area contributed by atoms with Crippen molar-refractivity contribution in [1.82, 2.24) is 4.57 Å². The Balaban J connectivity index is 1.04. The van der Waals surface area contributed by atoms with Gasteiger partial charge >= 0.3 is 0 Å². The fourth-order valence-electron chi connectivity index (χ4n) is 8.37. The van der Waals surface area contributed by atoms with E-state index in [9.17, 15) is 10.5 Å². The minimum Gasteiger partial charge on any atom is -0.308 e. The highest BCUT2D eigenvalue weighted by Gasteiger charge is 2.18. The number of aromatic nitrogens is 1. The Bertz CT molecular complexity index is 3150. The molecule has 254 valence electrons. The van der Waals surface area contributed by atoms with E-state index < -0.39 is 0 Å². The number of hydrogen-bond donors (Lipinski definition) is 0. The van der Waals surface area contributed by atoms with E-state index in [2.05, 4.69) is 162 Å². The molecular formula is C52H31N3. The molecule has 0 atom stereocenters. The van der Waals surface area contributed by atoms with Crippen molar-refractivity contribution in [3.63, 3.8) is 0 Å². The van der Waals surface area contributed by atoms with E-state index in [0.29, 0.717) is 11.1 Å². The van der Waals surface area contributed by atoms with Crippen molar-refractivity contribution in [3.8, 4) is 62.3 Å². The first-order valence-electron chi connectivity index (χ1n) is 18.4. The molecule has 0 aliphatic carbocycles. The first-order chi connectivity index (χ1) is 27.2. The number of benzene rings is 9. The summed E-state index contributed by atoms with van der Waals surface area (Å²) in [6.45, 7) is 0. The summed E-state index contributed by atoms with van der Waals surface area (Å²) in [4.78, 5) is 0. The lowest BCUT2D eigenvalue weighted by Crippen LogP contribution is -1.98. The summed E-state index contributed by atoms with van der Waals surface area (Å²) >= 11 is 0. The van der Waals surface area contributed by atoms with Gasteiger partial charge in [0, 0.05) is 10.8 Å². The second-order valence-electron chi connectivity index (χ2n) is 13.9. The third kappa shape index (κ3) is 5.27. The van der Waals surface area contributed by atoms with Gasteiger partial charge in [0.25, 0.3) is 0 Å². The van der Waals surface area contributed by atoms with E-state index in [-0.39, 0.29) is 0 Å². The highest BCUT2D eigenvalue weighted by Crippen LogP contribution is 2.44. The van der Waals surface area contributed by atoms with Crippen LogP contribution in [0.1, 0.15) is 11.1 Å². The second-order valence-corrected chi connectivity index (χ2v) is 13.9. The van der Waals surface area contributed by atoms with Crippen LogP contribution in [0.15, 0.2) is 188 Å². The molecule has 3 heteroatoms. The molecule has 0 bridgehead atoms. The molecule has 55 heavy (non-hydrogen) atoms. The fourth-order valence-corrected chi connectivity index (χ4v) is 8.37. The highest BCUT2D eigenvalue weighted by atomic mass is 15.0. The Morgan fingerprint density at radius 1 is 0.327 bits per heavy atom. The van der Waals surface area contributed by atoms with Crippen molar-refractivity contribution in [3.05, 3.63) is 199 Å². The van der Waals surface area contributed by atoms with Gasteiger partial charge in [-0.05, 0) is 109 Å². The van der Waals surface area contributed by atoms with E-state index in [1.165, 1.54) is 43.8 Å². The third-order valence-electron chi connectivity index (χ3n) is 10.9. The second kappa shape index (κ2) is 13.0. The van der Waals surface area contributed by atoms with Crippen LogP contribution in [0.3, 0.4) is 0 Å². The quantitative estimate of drug-likeness (QED) is 0.168. The number of nitriles is 2. The minimum atomic E-state index is 0.582. The Labute approximate surface area is 318 Å². The fraction of sp³-hybridized carbons (Fsp3) is 0. The topological polar surface area (TPSA) is 52.5 Å². The molecule has 0 N–H and O–H groups in total. The van der Waals surface area contributed by atoms with Crippen LogP contribution >= 0.6 is 0 Å². The molecule has 10 aromatic rings. The third-order valence-corrected chi connectivity index (χ3v) is 10.9. The highest BCUT2D eigenvalue weighted by molar-refractivity contribution is 6.21. The smallest absolute Gasteiger partial charge is 0.101 e. The maximum atomic E-state index is 10.4. The average molecular weight is 698 g/mol. The number of hydrogen-bond acceptors (Lipinski definition) is 2. The van der Waals surface area contributed by atoms with Crippen molar-refractivity contribution < 1.29 is 0 Å². The standard InChI is InChI=1S/C52H31N3/c53-32-34-21-27-50-47(29-34)42-15-8-9-20-49(42)55(50)48-28-26-39(31-41(48)33-54)36-24-22-35(23-25-36)38-13-10-14-40(30-38)52-45-18-6-4-16-43(45)51(37-11-2-1-3-12-37)44-17-5-7-19-46(44)52/h1-31H. The van der Waals surface area contributed by atoms with Crippen molar-refractivity contribution in [2.24, 2.45) is 0 Å². The van der Waals surface area contributed by atoms with Crippen LogP contribution < -0.4 is 0 Å². The summed E-state index contributed by atoms with van der Waals surface area (Å²) in [5.41, 5.74) is 13.1. The van der Waals surface area contributed by atoms with E-state index in [4.69, 9.17) is 0 Å². The Hall–Kier alpha value is -7.72. The van der Waals surface area contributed by atoms with Gasteiger partial charge in [-0.1, -0.05) is 146 Å². The van der Waals surface area contributed by atoms with E-state index in [1.54, 1.807) is 0 Å². The largest absolute Gasteiger partial charge is 0.308 e. The van der Waals surface area contributed by atoms with Gasteiger partial charge in [-0.2, -0.15) is 10.5 Å². The molecule has 3 nitrogen and oxygen atoms in total. The zero-order valence-corrected chi connectivity index (χ0v) is 29.7. The number of rotatable bonds is 5. The molecule has 0 amide bonds. The SMILES string of the molecule is N#Cc1ccc2c(c1)c1ccccc1n2-c1ccc(-c2ccc(-c3cccc(-c4c5ccccc5c(-c5ccccc5)c5ccccc45)c3)cc2)cc1C#N. The first kappa shape index (κ1) is 32.0. The number of para-hydroxylation sites is 1. The van der Waals surface area contributed by atoms with Crippen molar-refractivity contribution in [2.75, 3.05) is 0 Å². The molecule has 0 saturated carbocycles. The van der Waals surface area contributed by atoms with Gasteiger partial charge in [0.15, 0.2) is 0 Å². The first-order valence-corrected chi connectivity index (χ1v) is 18.4. The van der Waals surface area contributed by atoms with Gasteiger partial charge in [0.2, 0.25) is 0 Å². The van der Waals surface area contributed by atoms with Crippen LogP contribution in [0, 0.1) is 22.7 Å². The molecule has 1 heterocycles. The van der Waals surface area contributed by atoms with Crippen molar-refractivity contribution in [1.29, 1.82) is 10.5 Å². The molecule has 0 aliphatic rings. The molecule has 10 rings (SSSR count). The van der Waals surface area contributed by atoms with Crippen LogP contribution in [0.2, 0.25) is 0 Å². The Morgan fingerprint density at radius 3 is 1.47 bits per heavy atom. The zero-order valence-electron chi connectivity index (χ0n) is 29.7. The average Bonchev–Trinajstić information content (AvgIpc) is 3.59. The van der Waals surface area contributed by atoms with E-state index >= 15 is 0 Å². The molecule has 0 unspecified atom stereocenters. The van der Waals surface area contributed by atoms with Crippen LogP contribution in [0.4, 0.5) is 0 Å². The van der Waals surface area contributed by atoms with Gasteiger partial charge < -0.3 is 4.57 Å². The lowest BCUT2D eigenvalue weighted by Gasteiger charge is -2.18. The summed E-state index contributed by atoms with van der Waals surface area (Å²) in [6, 6.07) is 70.4. The monoisotopic (exact) mass is 697 g/mol. The van der Waals surface area contributed by atoms with Crippen LogP contribution in [0.25, 0.3) is 93.5 Å². The van der Waals surface area contributed by atoms with Crippen LogP contribution in [-0.2, 0) is 0 Å². The predicted octanol–water partition coefficient (Wildman–Crippen LogP) is 13.5.